The Balaban J connectivity index is 2.05. The Bertz CT molecular complexity index is 534. The average molecular weight is 297 g/mol. The summed E-state index contributed by atoms with van der Waals surface area (Å²) in [6, 6.07) is 8.14. The molecule has 0 saturated carbocycles. The minimum Gasteiger partial charge on any atom is -0.489 e. The van der Waals surface area contributed by atoms with Gasteiger partial charge in [-0.3, -0.25) is 0 Å². The fraction of sp³-hybridized carbons (Fsp3) is 0.0833. The molecule has 2 N–H and O–H groups in total. The largest absolute Gasteiger partial charge is 0.489 e. The van der Waals surface area contributed by atoms with E-state index in [2.05, 4.69) is 20.9 Å². The second-order valence-corrected chi connectivity index (χ2v) is 4.31. The molecule has 0 unspecified atom stereocenters. The van der Waals surface area contributed by atoms with Gasteiger partial charge in [-0.05, 0) is 45.8 Å². The molecule has 0 atom stereocenters. The fourth-order valence-corrected chi connectivity index (χ4v) is 1.56. The molecule has 3 nitrogen and oxygen atoms in total. The van der Waals surface area contributed by atoms with Gasteiger partial charge in [-0.15, -0.1) is 0 Å². The van der Waals surface area contributed by atoms with Crippen molar-refractivity contribution in [3.8, 4) is 5.75 Å². The summed E-state index contributed by atoms with van der Waals surface area (Å²) in [7, 11) is 0. The number of nitrogens with zero attached hydrogens (tertiary/aromatic N) is 1. The van der Waals surface area contributed by atoms with Crippen molar-refractivity contribution < 1.29 is 9.13 Å². The van der Waals surface area contributed by atoms with Gasteiger partial charge in [0.15, 0.2) is 0 Å². The molecule has 0 fully saturated rings. The molecular formula is C12H10BrFN2O. The lowest BCUT2D eigenvalue weighted by atomic mass is 10.3. The van der Waals surface area contributed by atoms with Crippen LogP contribution in [0.2, 0.25) is 0 Å². The quantitative estimate of drug-likeness (QED) is 0.946. The number of nitrogen functional groups attached to an aromatic ring is 1. The van der Waals surface area contributed by atoms with Gasteiger partial charge in [-0.2, -0.15) is 0 Å². The summed E-state index contributed by atoms with van der Waals surface area (Å²) in [6.45, 7) is 0.327. The summed E-state index contributed by atoms with van der Waals surface area (Å²) >= 11 is 3.08. The van der Waals surface area contributed by atoms with Crippen LogP contribution < -0.4 is 10.5 Å². The van der Waals surface area contributed by atoms with E-state index in [1.807, 2.05) is 0 Å². The molecule has 0 bridgehead atoms. The lowest BCUT2D eigenvalue weighted by Gasteiger charge is -2.07. The third-order valence-electron chi connectivity index (χ3n) is 2.14. The fourth-order valence-electron chi connectivity index (χ4n) is 1.32. The Hall–Kier alpha value is -1.62. The number of rotatable bonds is 3. The van der Waals surface area contributed by atoms with Gasteiger partial charge in [0, 0.05) is 12.3 Å². The first kappa shape index (κ1) is 11.9. The van der Waals surface area contributed by atoms with Crippen LogP contribution in [0.15, 0.2) is 41.0 Å². The number of benzene rings is 1. The van der Waals surface area contributed by atoms with Crippen molar-refractivity contribution >= 4 is 21.7 Å². The molecule has 0 amide bonds. The molecular weight excluding hydrogens is 287 g/mol. The highest BCUT2D eigenvalue weighted by atomic mass is 79.9. The number of pyridine rings is 1. The zero-order chi connectivity index (χ0) is 12.3. The standard InChI is InChI=1S/C12H10BrFN2O/c13-10-2-1-9(6-11(10)14)17-7-8-3-4-16-12(15)5-8/h1-6H,7H2,(H2,15,16). The van der Waals surface area contributed by atoms with Gasteiger partial charge in [-0.1, -0.05) is 0 Å². The maximum Gasteiger partial charge on any atom is 0.141 e. The van der Waals surface area contributed by atoms with Crippen LogP contribution in [0.1, 0.15) is 5.56 Å². The Morgan fingerprint density at radius 3 is 2.82 bits per heavy atom. The van der Waals surface area contributed by atoms with Crippen molar-refractivity contribution in [1.29, 1.82) is 0 Å². The zero-order valence-corrected chi connectivity index (χ0v) is 10.4. The molecule has 0 aliphatic rings. The van der Waals surface area contributed by atoms with E-state index in [0.717, 1.165) is 5.56 Å². The topological polar surface area (TPSA) is 48.1 Å². The van der Waals surface area contributed by atoms with Gasteiger partial charge in [0.05, 0.1) is 4.47 Å². The lowest BCUT2D eigenvalue weighted by molar-refractivity contribution is 0.304. The van der Waals surface area contributed by atoms with Crippen LogP contribution in [0.25, 0.3) is 0 Å². The molecule has 0 aliphatic carbocycles. The molecule has 1 heterocycles. The maximum atomic E-state index is 13.2. The van der Waals surface area contributed by atoms with Gasteiger partial charge in [0.2, 0.25) is 0 Å². The second kappa shape index (κ2) is 5.14. The van der Waals surface area contributed by atoms with Gasteiger partial charge in [-0.25, -0.2) is 9.37 Å². The van der Waals surface area contributed by atoms with E-state index in [1.165, 1.54) is 6.07 Å². The minimum absolute atomic E-state index is 0.327. The van der Waals surface area contributed by atoms with E-state index in [9.17, 15) is 4.39 Å². The smallest absolute Gasteiger partial charge is 0.141 e. The van der Waals surface area contributed by atoms with Crippen LogP contribution in [0, 0.1) is 5.82 Å². The third kappa shape index (κ3) is 3.17. The molecule has 1 aromatic heterocycles. The van der Waals surface area contributed by atoms with Gasteiger partial charge in [0.25, 0.3) is 0 Å². The summed E-state index contributed by atoms with van der Waals surface area (Å²) in [5.74, 6) is 0.561. The highest BCUT2D eigenvalue weighted by molar-refractivity contribution is 9.10. The number of hydrogen-bond donors (Lipinski definition) is 1. The Labute approximate surface area is 107 Å². The SMILES string of the molecule is Nc1cc(COc2ccc(Br)c(F)c2)ccn1. The van der Waals surface area contributed by atoms with Gasteiger partial charge < -0.3 is 10.5 Å². The molecule has 0 radical (unpaired) electrons. The first-order valence-corrected chi connectivity index (χ1v) is 5.73. The van der Waals surface area contributed by atoms with E-state index in [0.29, 0.717) is 22.6 Å². The number of ether oxygens (including phenoxy) is 1. The van der Waals surface area contributed by atoms with E-state index in [1.54, 1.807) is 30.5 Å². The number of halogens is 2. The lowest BCUT2D eigenvalue weighted by Crippen LogP contribution is -1.98. The molecule has 5 heteroatoms. The number of anilines is 1. The predicted octanol–water partition coefficient (Wildman–Crippen LogP) is 3.14. The third-order valence-corrected chi connectivity index (χ3v) is 2.79. The second-order valence-electron chi connectivity index (χ2n) is 3.45. The minimum atomic E-state index is -0.350. The van der Waals surface area contributed by atoms with E-state index in [-0.39, 0.29) is 5.82 Å². The van der Waals surface area contributed by atoms with E-state index < -0.39 is 0 Å². The van der Waals surface area contributed by atoms with Crippen LogP contribution >= 0.6 is 15.9 Å². The monoisotopic (exact) mass is 296 g/mol. The Morgan fingerprint density at radius 2 is 2.12 bits per heavy atom. The molecule has 2 rings (SSSR count). The maximum absolute atomic E-state index is 13.2. The van der Waals surface area contributed by atoms with Crippen molar-refractivity contribution in [3.05, 3.63) is 52.4 Å². The van der Waals surface area contributed by atoms with Crippen molar-refractivity contribution in [2.75, 3.05) is 5.73 Å². The molecule has 88 valence electrons. The van der Waals surface area contributed by atoms with Gasteiger partial charge >= 0.3 is 0 Å². The average Bonchev–Trinajstić information content (AvgIpc) is 2.31. The molecule has 0 saturated heterocycles. The van der Waals surface area contributed by atoms with Crippen molar-refractivity contribution in [3.63, 3.8) is 0 Å². The van der Waals surface area contributed by atoms with E-state index in [4.69, 9.17) is 10.5 Å². The first-order chi connectivity index (χ1) is 8.15. The summed E-state index contributed by atoms with van der Waals surface area (Å²) in [4.78, 5) is 3.88. The summed E-state index contributed by atoms with van der Waals surface area (Å²) in [5.41, 5.74) is 6.43. The predicted molar refractivity (Wildman–Crippen MR) is 67.1 cm³/mol. The van der Waals surface area contributed by atoms with Crippen LogP contribution in [0.3, 0.4) is 0 Å². The number of hydrogen-bond acceptors (Lipinski definition) is 3. The zero-order valence-electron chi connectivity index (χ0n) is 8.86. The summed E-state index contributed by atoms with van der Waals surface area (Å²) in [5, 5.41) is 0. The molecule has 17 heavy (non-hydrogen) atoms. The summed E-state index contributed by atoms with van der Waals surface area (Å²) < 4.78 is 19.1. The van der Waals surface area contributed by atoms with Crippen LogP contribution in [0.5, 0.6) is 5.75 Å². The van der Waals surface area contributed by atoms with Crippen LogP contribution in [-0.4, -0.2) is 4.98 Å². The molecule has 2 aromatic rings. The number of aromatic nitrogens is 1. The molecule has 0 spiro atoms. The Kier molecular flexibility index (Phi) is 3.58. The van der Waals surface area contributed by atoms with Crippen LogP contribution in [-0.2, 0) is 6.61 Å². The van der Waals surface area contributed by atoms with Crippen molar-refractivity contribution in [2.45, 2.75) is 6.61 Å². The van der Waals surface area contributed by atoms with Crippen LogP contribution in [0.4, 0.5) is 10.2 Å². The highest BCUT2D eigenvalue weighted by Crippen LogP contribution is 2.21. The van der Waals surface area contributed by atoms with Gasteiger partial charge in [0.1, 0.15) is 24.0 Å². The molecule has 1 aromatic carbocycles. The molecule has 0 aliphatic heterocycles. The number of nitrogens with two attached hydrogens (primary N) is 1. The van der Waals surface area contributed by atoms with Crippen molar-refractivity contribution in [1.82, 2.24) is 4.98 Å². The van der Waals surface area contributed by atoms with E-state index >= 15 is 0 Å². The normalized spacial score (nSPS) is 10.2. The van der Waals surface area contributed by atoms with Crippen molar-refractivity contribution in [2.24, 2.45) is 0 Å². The highest BCUT2D eigenvalue weighted by Gasteiger charge is 2.02. The summed E-state index contributed by atoms with van der Waals surface area (Å²) in [6.07, 6.45) is 1.61. The Morgan fingerprint density at radius 1 is 1.29 bits per heavy atom. The first-order valence-electron chi connectivity index (χ1n) is 4.93.